The van der Waals surface area contributed by atoms with Crippen LogP contribution in [0.3, 0.4) is 0 Å². The second kappa shape index (κ2) is 3.97. The predicted molar refractivity (Wildman–Crippen MR) is 56.9 cm³/mol. The van der Waals surface area contributed by atoms with E-state index in [0.29, 0.717) is 5.88 Å². The minimum Gasteiger partial charge on any atom is -0.292 e. The van der Waals surface area contributed by atoms with Gasteiger partial charge in [0.15, 0.2) is 0 Å². The lowest BCUT2D eigenvalue weighted by Crippen LogP contribution is -2.53. The summed E-state index contributed by atoms with van der Waals surface area (Å²) >= 11 is 5.77. The summed E-state index contributed by atoms with van der Waals surface area (Å²) in [4.78, 5) is 2.42. The molecule has 0 fully saturated rings. The summed E-state index contributed by atoms with van der Waals surface area (Å²) in [5.41, 5.74) is 0.403. The quantitative estimate of drug-likeness (QED) is 0.607. The standard InChI is InChI=1S/C10H22ClN/c1-9(2,3)12(8-7-11)10(4,5)6/h7-8H2,1-6H3. The van der Waals surface area contributed by atoms with Gasteiger partial charge in [-0.05, 0) is 41.5 Å². The van der Waals surface area contributed by atoms with Gasteiger partial charge in [0, 0.05) is 23.5 Å². The van der Waals surface area contributed by atoms with E-state index >= 15 is 0 Å². The summed E-state index contributed by atoms with van der Waals surface area (Å²) in [6.07, 6.45) is 0. The molecule has 0 bridgehead atoms. The Hall–Kier alpha value is 0.250. The second-order valence-corrected chi connectivity index (χ2v) is 5.56. The largest absolute Gasteiger partial charge is 0.292 e. The highest BCUT2D eigenvalue weighted by Gasteiger charge is 2.30. The molecule has 0 saturated carbocycles. The van der Waals surface area contributed by atoms with Crippen molar-refractivity contribution in [3.05, 3.63) is 0 Å². The summed E-state index contributed by atoms with van der Waals surface area (Å²) in [6.45, 7) is 14.3. The van der Waals surface area contributed by atoms with Crippen molar-refractivity contribution in [2.45, 2.75) is 52.6 Å². The Kier molecular flexibility index (Phi) is 4.05. The summed E-state index contributed by atoms with van der Waals surface area (Å²) in [6, 6.07) is 0. The first-order chi connectivity index (χ1) is 5.19. The highest BCUT2D eigenvalue weighted by Crippen LogP contribution is 2.23. The summed E-state index contributed by atoms with van der Waals surface area (Å²) in [7, 11) is 0. The highest BCUT2D eigenvalue weighted by atomic mass is 35.5. The van der Waals surface area contributed by atoms with E-state index in [2.05, 4.69) is 46.4 Å². The SMILES string of the molecule is CC(C)(C)N(CCCl)C(C)(C)C. The number of alkyl halides is 1. The van der Waals surface area contributed by atoms with Crippen LogP contribution < -0.4 is 0 Å². The van der Waals surface area contributed by atoms with Crippen molar-refractivity contribution in [1.29, 1.82) is 0 Å². The normalized spacial score (nSPS) is 14.0. The fourth-order valence-electron chi connectivity index (χ4n) is 1.76. The van der Waals surface area contributed by atoms with Gasteiger partial charge >= 0.3 is 0 Å². The summed E-state index contributed by atoms with van der Waals surface area (Å²) < 4.78 is 0. The van der Waals surface area contributed by atoms with Crippen LogP contribution in [0.1, 0.15) is 41.5 Å². The van der Waals surface area contributed by atoms with Crippen molar-refractivity contribution >= 4 is 11.6 Å². The number of rotatable bonds is 2. The zero-order chi connectivity index (χ0) is 9.99. The molecule has 0 heterocycles. The Morgan fingerprint density at radius 2 is 1.25 bits per heavy atom. The second-order valence-electron chi connectivity index (χ2n) is 5.18. The van der Waals surface area contributed by atoms with Gasteiger partial charge < -0.3 is 0 Å². The van der Waals surface area contributed by atoms with Gasteiger partial charge in [0.2, 0.25) is 0 Å². The molecule has 0 aromatic carbocycles. The molecule has 0 aromatic heterocycles. The molecule has 0 N–H and O–H groups in total. The minimum atomic E-state index is 0.202. The lowest BCUT2D eigenvalue weighted by Gasteiger charge is -2.45. The zero-order valence-corrected chi connectivity index (χ0v) is 10.00. The van der Waals surface area contributed by atoms with Crippen LogP contribution >= 0.6 is 11.6 Å². The van der Waals surface area contributed by atoms with Crippen molar-refractivity contribution in [1.82, 2.24) is 4.90 Å². The molecule has 0 aliphatic rings. The Balaban J connectivity index is 4.45. The van der Waals surface area contributed by atoms with Crippen molar-refractivity contribution in [3.8, 4) is 0 Å². The molecule has 0 amide bonds. The molecule has 0 aliphatic heterocycles. The number of halogens is 1. The van der Waals surface area contributed by atoms with Crippen molar-refractivity contribution in [3.63, 3.8) is 0 Å². The van der Waals surface area contributed by atoms with Crippen LogP contribution in [0.2, 0.25) is 0 Å². The van der Waals surface area contributed by atoms with Gasteiger partial charge in [0.05, 0.1) is 0 Å². The van der Waals surface area contributed by atoms with Crippen LogP contribution in [0.25, 0.3) is 0 Å². The van der Waals surface area contributed by atoms with E-state index in [-0.39, 0.29) is 11.1 Å². The van der Waals surface area contributed by atoms with Gasteiger partial charge in [-0.1, -0.05) is 0 Å². The lowest BCUT2D eigenvalue weighted by molar-refractivity contribution is 0.0456. The summed E-state index contributed by atoms with van der Waals surface area (Å²) in [5.74, 6) is 0.703. The van der Waals surface area contributed by atoms with Gasteiger partial charge in [-0.25, -0.2) is 0 Å². The molecule has 0 radical (unpaired) electrons. The smallest absolute Gasteiger partial charge is 0.0351 e. The Morgan fingerprint density at radius 3 is 1.33 bits per heavy atom. The van der Waals surface area contributed by atoms with Gasteiger partial charge in [-0.2, -0.15) is 0 Å². The molecule has 0 rings (SSSR count). The van der Waals surface area contributed by atoms with Crippen LogP contribution in [0, 0.1) is 0 Å². The third-order valence-corrected chi connectivity index (χ3v) is 2.10. The Morgan fingerprint density at radius 1 is 0.917 bits per heavy atom. The topological polar surface area (TPSA) is 3.24 Å². The van der Waals surface area contributed by atoms with Crippen LogP contribution in [-0.2, 0) is 0 Å². The van der Waals surface area contributed by atoms with Gasteiger partial charge in [0.1, 0.15) is 0 Å². The maximum Gasteiger partial charge on any atom is 0.0351 e. The first-order valence-electron chi connectivity index (χ1n) is 4.53. The van der Waals surface area contributed by atoms with Gasteiger partial charge in [-0.3, -0.25) is 4.90 Å². The predicted octanol–water partition coefficient (Wildman–Crippen LogP) is 3.12. The van der Waals surface area contributed by atoms with E-state index in [1.165, 1.54) is 0 Å². The Labute approximate surface area is 82.1 Å². The zero-order valence-electron chi connectivity index (χ0n) is 9.24. The molecule has 0 spiro atoms. The van der Waals surface area contributed by atoms with Crippen LogP contribution in [0.5, 0.6) is 0 Å². The first kappa shape index (κ1) is 12.2. The van der Waals surface area contributed by atoms with E-state index < -0.39 is 0 Å². The van der Waals surface area contributed by atoms with Crippen molar-refractivity contribution in [2.75, 3.05) is 12.4 Å². The fraction of sp³-hybridized carbons (Fsp3) is 1.00. The first-order valence-corrected chi connectivity index (χ1v) is 5.07. The maximum absolute atomic E-state index is 5.77. The molecule has 0 aromatic rings. The van der Waals surface area contributed by atoms with Crippen LogP contribution in [0.15, 0.2) is 0 Å². The van der Waals surface area contributed by atoms with Gasteiger partial charge in [0.25, 0.3) is 0 Å². The third-order valence-electron chi connectivity index (χ3n) is 1.93. The molecule has 0 unspecified atom stereocenters. The van der Waals surface area contributed by atoms with Gasteiger partial charge in [-0.15, -0.1) is 11.6 Å². The molecule has 1 nitrogen and oxygen atoms in total. The van der Waals surface area contributed by atoms with E-state index in [4.69, 9.17) is 11.6 Å². The van der Waals surface area contributed by atoms with E-state index in [0.717, 1.165) is 6.54 Å². The number of hydrogen-bond donors (Lipinski definition) is 0. The van der Waals surface area contributed by atoms with Crippen molar-refractivity contribution < 1.29 is 0 Å². The fourth-order valence-corrected chi connectivity index (χ4v) is 1.93. The van der Waals surface area contributed by atoms with Crippen LogP contribution in [0.4, 0.5) is 0 Å². The molecule has 12 heavy (non-hydrogen) atoms. The minimum absolute atomic E-state index is 0.202. The van der Waals surface area contributed by atoms with E-state index in [1.807, 2.05) is 0 Å². The lowest BCUT2D eigenvalue weighted by atomic mass is 9.96. The monoisotopic (exact) mass is 191 g/mol. The molecule has 74 valence electrons. The molecule has 2 heteroatoms. The third kappa shape index (κ3) is 3.77. The molecular formula is C10H22ClN. The average molecular weight is 192 g/mol. The molecule has 0 atom stereocenters. The van der Waals surface area contributed by atoms with E-state index in [1.54, 1.807) is 0 Å². The maximum atomic E-state index is 5.77. The summed E-state index contributed by atoms with van der Waals surface area (Å²) in [5, 5.41) is 0. The molecule has 0 aliphatic carbocycles. The molecular weight excluding hydrogens is 170 g/mol. The molecule has 0 saturated heterocycles. The highest BCUT2D eigenvalue weighted by molar-refractivity contribution is 6.18. The van der Waals surface area contributed by atoms with E-state index in [9.17, 15) is 0 Å². The van der Waals surface area contributed by atoms with Crippen LogP contribution in [-0.4, -0.2) is 28.4 Å². The van der Waals surface area contributed by atoms with Crippen molar-refractivity contribution in [2.24, 2.45) is 0 Å². The Bertz CT molecular complexity index is 116. The number of nitrogens with zero attached hydrogens (tertiary/aromatic N) is 1. The number of hydrogen-bond acceptors (Lipinski definition) is 1. The average Bonchev–Trinajstić information content (AvgIpc) is 1.77.